The van der Waals surface area contributed by atoms with Crippen LogP contribution < -0.4 is 37.7 Å². The van der Waals surface area contributed by atoms with Gasteiger partial charge in [0, 0.05) is 63.1 Å². The first-order valence-corrected chi connectivity index (χ1v) is 41.3. The average molecular weight is 1850 g/mol. The summed E-state index contributed by atoms with van der Waals surface area (Å²) in [5, 5.41) is 260. The first kappa shape index (κ1) is 102. The van der Waals surface area contributed by atoms with E-state index in [4.69, 9.17) is 66.3 Å². The summed E-state index contributed by atoms with van der Waals surface area (Å²) in [6, 6.07) is 6.45. The third kappa shape index (κ3) is 22.3. The summed E-state index contributed by atoms with van der Waals surface area (Å²) in [4.78, 5) is 95.8. The third-order valence-corrected chi connectivity index (χ3v) is 23.3. The molecule has 11 rings (SSSR count). The Balaban J connectivity index is 0.987. The van der Waals surface area contributed by atoms with Crippen LogP contribution in [0.2, 0.25) is 0 Å². The van der Waals surface area contributed by atoms with Gasteiger partial charge in [0.25, 0.3) is 11.1 Å². The maximum Gasteiger partial charge on any atom is 0.275 e. The number of aromatic amines is 2. The van der Waals surface area contributed by atoms with Crippen molar-refractivity contribution in [3.05, 3.63) is 104 Å². The van der Waals surface area contributed by atoms with Crippen molar-refractivity contribution in [2.75, 3.05) is 52.9 Å². The molecule has 2 aromatic carbocycles. The van der Waals surface area contributed by atoms with Gasteiger partial charge < -0.3 is 200 Å². The van der Waals surface area contributed by atoms with Gasteiger partial charge in [0.2, 0.25) is 29.5 Å². The first-order valence-electron chi connectivity index (χ1n) is 41.3. The predicted molar refractivity (Wildman–Crippen MR) is 422 cm³/mol. The summed E-state index contributed by atoms with van der Waals surface area (Å²) in [7, 11) is 0. The fourth-order valence-corrected chi connectivity index (χ4v) is 16.9. The molecule has 0 bridgehead atoms. The zero-order valence-electron chi connectivity index (χ0n) is 70.4. The molecule has 724 valence electrons. The van der Waals surface area contributed by atoms with Gasteiger partial charge in [0.05, 0.1) is 70.3 Å². The van der Waals surface area contributed by atoms with Crippen LogP contribution >= 0.6 is 0 Å². The zero-order chi connectivity index (χ0) is 94.3. The Hall–Kier alpha value is -7.59. The van der Waals surface area contributed by atoms with Crippen LogP contribution in [0.5, 0.6) is 0 Å². The molecule has 4 aromatic rings. The predicted octanol–water partition coefficient (Wildman–Crippen LogP) is -14.7. The van der Waals surface area contributed by atoms with Gasteiger partial charge in [0.1, 0.15) is 189 Å². The van der Waals surface area contributed by atoms with E-state index in [0.717, 1.165) is 44.0 Å². The largest absolute Gasteiger partial charge is 0.394 e. The molecular formula is C78H115N9O42. The number of aryl methyl sites for hydroxylation is 2. The summed E-state index contributed by atoms with van der Waals surface area (Å²) >= 11 is 0. The lowest BCUT2D eigenvalue weighted by Gasteiger charge is -2.51. The monoisotopic (exact) mass is 1850 g/mol. The van der Waals surface area contributed by atoms with Crippen LogP contribution in [0.3, 0.4) is 0 Å². The number of nitrogens with zero attached hydrogens (tertiary/aromatic N) is 2. The van der Waals surface area contributed by atoms with Gasteiger partial charge in [-0.15, -0.1) is 0 Å². The van der Waals surface area contributed by atoms with E-state index in [1.165, 1.54) is 13.8 Å². The highest BCUT2D eigenvalue weighted by molar-refractivity contribution is 5.75. The van der Waals surface area contributed by atoms with Crippen molar-refractivity contribution in [1.29, 1.82) is 0 Å². The highest BCUT2D eigenvalue weighted by Crippen LogP contribution is 2.41. The molecule has 7 fully saturated rings. The van der Waals surface area contributed by atoms with Gasteiger partial charge in [-0.1, -0.05) is 36.4 Å². The summed E-state index contributed by atoms with van der Waals surface area (Å²) in [5.74, 6) is -6.42. The molecule has 7 aliphatic heterocycles. The van der Waals surface area contributed by atoms with E-state index in [9.17, 15) is 131 Å². The van der Waals surface area contributed by atoms with E-state index in [0.29, 0.717) is 0 Å². The summed E-state index contributed by atoms with van der Waals surface area (Å²) in [6.07, 6.45) is -74.5. The minimum Gasteiger partial charge on any atom is -0.394 e. The lowest BCUT2D eigenvalue weighted by Crippen LogP contribution is -2.71. The smallest absolute Gasteiger partial charge is 0.275 e. The Labute approximate surface area is 732 Å². The molecule has 0 spiro atoms. The fraction of sp³-hybridized carbons (Fsp3) is 0.705. The third-order valence-electron chi connectivity index (χ3n) is 23.3. The van der Waals surface area contributed by atoms with E-state index < -0.39 is 338 Å². The number of ether oxygens (including phenoxy) is 14. The second-order valence-electron chi connectivity index (χ2n) is 32.3. The lowest BCUT2D eigenvalue weighted by molar-refractivity contribution is -0.402. The number of aromatic nitrogens is 4. The minimum absolute atomic E-state index is 0.0654. The summed E-state index contributed by atoms with van der Waals surface area (Å²) < 4.78 is 88.3. The van der Waals surface area contributed by atoms with Crippen LogP contribution in [0, 0.1) is 13.8 Å². The number of hydrogen-bond donors (Lipinski definition) is 28. The van der Waals surface area contributed by atoms with Gasteiger partial charge >= 0.3 is 0 Å². The van der Waals surface area contributed by atoms with Crippen molar-refractivity contribution in [3.8, 4) is 11.4 Å². The molecule has 129 heavy (non-hydrogen) atoms. The van der Waals surface area contributed by atoms with Crippen molar-refractivity contribution >= 4 is 29.5 Å². The zero-order valence-corrected chi connectivity index (χ0v) is 70.4. The van der Waals surface area contributed by atoms with Crippen LogP contribution in [0.15, 0.2) is 70.3 Å². The Morgan fingerprint density at radius 2 is 0.721 bits per heavy atom. The second-order valence-corrected chi connectivity index (χ2v) is 32.3. The maximum absolute atomic E-state index is 15.1. The highest BCUT2D eigenvalue weighted by Gasteiger charge is 2.61. The Bertz CT molecular complexity index is 4350. The number of hydrogen-bond acceptors (Lipinski definition) is 42. The number of aliphatic hydroxyl groups excluding tert-OH is 21. The van der Waals surface area contributed by atoms with Crippen LogP contribution in [0.25, 0.3) is 11.4 Å². The molecule has 0 saturated carbocycles. The molecule has 2 aromatic heterocycles. The molecule has 0 radical (unpaired) electrons. The Morgan fingerprint density at radius 1 is 0.380 bits per heavy atom. The number of carbonyl (C=O) groups is 5. The molecular weight excluding hydrogens is 1730 g/mol. The fourth-order valence-electron chi connectivity index (χ4n) is 16.9. The van der Waals surface area contributed by atoms with E-state index in [1.807, 2.05) is 0 Å². The molecule has 0 aliphatic carbocycles. The average Bonchev–Trinajstić information content (AvgIpc) is 1.58. The number of aliphatic hydroxyl groups is 21. The molecule has 51 nitrogen and oxygen atoms in total. The highest BCUT2D eigenvalue weighted by atomic mass is 16.8. The lowest BCUT2D eigenvalue weighted by atomic mass is 9.80. The van der Waals surface area contributed by atoms with E-state index in [-0.39, 0.29) is 33.9 Å². The molecule has 51 heteroatoms. The van der Waals surface area contributed by atoms with Crippen LogP contribution in [0.1, 0.15) is 63.1 Å². The number of H-pyrrole nitrogens is 2. The van der Waals surface area contributed by atoms with Crippen LogP contribution in [-0.2, 0) is 90.3 Å². The van der Waals surface area contributed by atoms with Gasteiger partial charge in [-0.05, 0) is 38.1 Å². The SMILES string of the molecule is CC(=O)N[C@H]1[C@H](O[C@@H]([C@H](O)[C@@H](NC(C)=O)C(c2c(C)[nH]n(-c3ccccc3)c2=O)c2c(C)[nH]n(-c3ccccc3)c2=O)[C@H](O)CO)O[C@H](CO)[C@@H](O[C@@H]2O[C@H](CO[C@H]3O[C@H](CO)[C@@H](O)[C@H](O)[C@@H]3O[C@@H]3O[C@H](CO)[C@@H](O)[C@H](O)[C@H]3NC(C)=O)[C@@H](O)[C@H](O[C@H]3O[C@H](CO)[C@@H](O[C@@H]4O[C@H](CO)[C@@H](O)[C@H](O)[C@H]4NC(C)=O)[C@H](O)[C@@H]3O[C@@H]3O[C@H](CO)[C@@H](O)[C@H](O)[C@H]3NC(C)=O)[C@@H]2O)[C@@H]1O. The van der Waals surface area contributed by atoms with Crippen molar-refractivity contribution in [1.82, 2.24) is 46.1 Å². The first-order chi connectivity index (χ1) is 61.3. The van der Waals surface area contributed by atoms with E-state index >= 15 is 9.59 Å². The quantitative estimate of drug-likeness (QED) is 0.0203. The van der Waals surface area contributed by atoms with Crippen molar-refractivity contribution in [3.63, 3.8) is 0 Å². The second kappa shape index (κ2) is 44.5. The van der Waals surface area contributed by atoms with Crippen LogP contribution in [-0.4, -0.2) is 448 Å². The van der Waals surface area contributed by atoms with Crippen molar-refractivity contribution in [2.45, 2.75) is 293 Å². The Morgan fingerprint density at radius 3 is 1.12 bits per heavy atom. The molecule has 7 aliphatic rings. The van der Waals surface area contributed by atoms with Gasteiger partial charge in [-0.3, -0.25) is 43.8 Å². The maximum atomic E-state index is 15.1. The molecule has 39 atom stereocenters. The molecule has 7 saturated heterocycles. The summed E-state index contributed by atoms with van der Waals surface area (Å²) in [5.41, 5.74) is -1.48. The summed E-state index contributed by atoms with van der Waals surface area (Å²) in [6.45, 7) is -1.65. The van der Waals surface area contributed by atoms with Crippen molar-refractivity contribution in [2.24, 2.45) is 0 Å². The number of amides is 5. The number of para-hydroxylation sites is 2. The van der Waals surface area contributed by atoms with E-state index in [1.54, 1.807) is 60.7 Å². The van der Waals surface area contributed by atoms with Gasteiger partial charge in [-0.25, -0.2) is 9.36 Å². The van der Waals surface area contributed by atoms with Gasteiger partial charge in [0.15, 0.2) is 44.0 Å². The van der Waals surface area contributed by atoms with E-state index in [2.05, 4.69) is 36.8 Å². The van der Waals surface area contributed by atoms with Crippen molar-refractivity contribution < 1.29 is 198 Å². The Kier molecular flexibility index (Phi) is 35.2. The number of benzene rings is 2. The number of rotatable bonds is 35. The molecule has 28 N–H and O–H groups in total. The van der Waals surface area contributed by atoms with Gasteiger partial charge in [-0.2, -0.15) is 0 Å². The standard InChI is InChI=1S/C78H115N9O42/c1-26-43(70(114)86(84-26)33-14-10-8-11-15-33)45(44-27(2)85-87(71(44)115)34-16-12-9-13-17-34)46(79-28(3)95)59(109)64(35(100)18-88)124-75-50(83-32(7)99)60(110)65(40(23-93)121-75)126-76-63(113)67(55(105)42(123-76)25-116-77-68(61(111)54(104)39(22-92)120-77)128-73-48(81-30(5)97)57(107)52(102)37(20-90)118-73)127-78-69(129-74-49(82-31(6)98)58(108)53(103)38(21-91)119-74)62(112)66(41(24-94)122-78)125-72-47(80-29(4)96)56(106)51(101)36(19-89)117-72/h8-17,35-42,45-69,72-78,84-85,88-94,100-113H,18-25H2,1-7H3,(H,79,95)(H,80,96)(H,81,97)(H,82,98)(H,83,99)/t35-,36-,37-,38-,39-,40-,41-,42-,46+,47-,48-,49-,50-,51-,52-,53-,54-,55-,56-,57-,58-,59-,60-,61+,62+,63+,64-,65-,66-,67+,68+,69+,72+,73+,74+,75+,76+,77+,78-/m1/s1. The van der Waals surface area contributed by atoms with Crippen LogP contribution in [0.4, 0.5) is 0 Å². The minimum atomic E-state index is -2.67. The number of nitrogens with one attached hydrogen (secondary N) is 7. The molecule has 9 heterocycles. The normalized spacial score (nSPS) is 37.8. The number of carbonyl (C=O) groups excluding carboxylic acids is 5. The molecule has 5 amide bonds. The topological polar surface area (TPSA) is 775 Å². The molecule has 0 unspecified atom stereocenters.